The van der Waals surface area contributed by atoms with Gasteiger partial charge in [0.15, 0.2) is 18.5 Å². The molecule has 5 atom stereocenters. The highest BCUT2D eigenvalue weighted by atomic mass is 16.7. The summed E-state index contributed by atoms with van der Waals surface area (Å²) in [6, 6.07) is -0.956. The number of esters is 2. The molecule has 0 saturated carbocycles. The molecule has 1 saturated heterocycles. The Hall–Kier alpha value is -2.62. The van der Waals surface area contributed by atoms with Gasteiger partial charge >= 0.3 is 11.9 Å². The number of carbonyl (C=O) groups excluding carboxylic acids is 3. The summed E-state index contributed by atoms with van der Waals surface area (Å²) in [6.45, 7) is 7.02. The zero-order valence-electron chi connectivity index (χ0n) is 14.8. The van der Waals surface area contributed by atoms with Gasteiger partial charge < -0.3 is 24.3 Å². The van der Waals surface area contributed by atoms with E-state index in [1.807, 2.05) is 0 Å². The highest BCUT2D eigenvalue weighted by Gasteiger charge is 2.50. The third-order valence-corrected chi connectivity index (χ3v) is 3.32. The Balaban J connectivity index is 3.27. The maximum absolute atomic E-state index is 11.6. The van der Waals surface area contributed by atoms with Crippen LogP contribution in [0.2, 0.25) is 0 Å². The van der Waals surface area contributed by atoms with Crippen LogP contribution in [0, 0.1) is 0 Å². The lowest BCUT2D eigenvalue weighted by Crippen LogP contribution is -2.66. The Labute approximate surface area is 150 Å². The van der Waals surface area contributed by atoms with Crippen LogP contribution in [0.25, 0.3) is 10.4 Å². The molecule has 1 fully saturated rings. The van der Waals surface area contributed by atoms with Crippen molar-refractivity contribution in [1.29, 1.82) is 0 Å². The minimum Gasteiger partial charge on any atom is -0.456 e. The zero-order valence-corrected chi connectivity index (χ0v) is 14.8. The third kappa shape index (κ3) is 6.36. The van der Waals surface area contributed by atoms with Crippen LogP contribution in [0.4, 0.5) is 0 Å². The average molecular weight is 370 g/mol. The molecule has 1 aliphatic rings. The monoisotopic (exact) mass is 370 g/mol. The summed E-state index contributed by atoms with van der Waals surface area (Å²) in [5, 5.41) is 6.01. The van der Waals surface area contributed by atoms with Gasteiger partial charge in [-0.1, -0.05) is 11.2 Å². The molecule has 0 bridgehead atoms. The van der Waals surface area contributed by atoms with Crippen LogP contribution in [0.1, 0.15) is 20.8 Å². The molecular formula is C15H22N4O7. The van der Waals surface area contributed by atoms with Crippen LogP contribution in [0.15, 0.2) is 17.8 Å². The number of nitrogens with one attached hydrogen (secondary N) is 1. The van der Waals surface area contributed by atoms with Crippen LogP contribution >= 0.6 is 0 Å². The van der Waals surface area contributed by atoms with E-state index in [2.05, 4.69) is 21.9 Å². The van der Waals surface area contributed by atoms with E-state index in [1.165, 1.54) is 26.8 Å². The fourth-order valence-electron chi connectivity index (χ4n) is 2.53. The normalized spacial score (nSPS) is 27.6. The first-order chi connectivity index (χ1) is 12.3. The second-order valence-corrected chi connectivity index (χ2v) is 5.45. The molecule has 144 valence electrons. The minimum absolute atomic E-state index is 0.0833. The molecule has 0 unspecified atom stereocenters. The number of hydrogen-bond donors (Lipinski definition) is 1. The predicted octanol–water partition coefficient (Wildman–Crippen LogP) is 0.592. The fourth-order valence-corrected chi connectivity index (χ4v) is 2.53. The molecule has 26 heavy (non-hydrogen) atoms. The van der Waals surface area contributed by atoms with Crippen molar-refractivity contribution in [2.24, 2.45) is 5.11 Å². The Kier molecular flexibility index (Phi) is 8.56. The molecule has 0 aliphatic carbocycles. The van der Waals surface area contributed by atoms with E-state index in [-0.39, 0.29) is 13.2 Å². The van der Waals surface area contributed by atoms with Gasteiger partial charge in [0.05, 0.1) is 13.2 Å². The Morgan fingerprint density at radius 2 is 1.85 bits per heavy atom. The van der Waals surface area contributed by atoms with E-state index in [1.54, 1.807) is 0 Å². The molecule has 0 aromatic carbocycles. The lowest BCUT2D eigenvalue weighted by atomic mass is 9.95. The first-order valence-corrected chi connectivity index (χ1v) is 7.80. The number of carbonyl (C=O) groups is 3. The lowest BCUT2D eigenvalue weighted by Gasteiger charge is -2.44. The van der Waals surface area contributed by atoms with Gasteiger partial charge in [0.25, 0.3) is 0 Å². The predicted molar refractivity (Wildman–Crippen MR) is 87.5 cm³/mol. The van der Waals surface area contributed by atoms with Gasteiger partial charge in [-0.05, 0) is 5.53 Å². The van der Waals surface area contributed by atoms with Crippen LogP contribution in [-0.4, -0.2) is 61.6 Å². The number of ether oxygens (including phenoxy) is 4. The van der Waals surface area contributed by atoms with E-state index in [4.69, 9.17) is 24.5 Å². The van der Waals surface area contributed by atoms with Gasteiger partial charge in [-0.2, -0.15) is 0 Å². The van der Waals surface area contributed by atoms with E-state index < -0.39 is 48.5 Å². The smallest absolute Gasteiger partial charge is 0.303 e. The molecular weight excluding hydrogens is 348 g/mol. The first kappa shape index (κ1) is 21.4. The van der Waals surface area contributed by atoms with Crippen LogP contribution in [0.3, 0.4) is 0 Å². The largest absolute Gasteiger partial charge is 0.456 e. The summed E-state index contributed by atoms with van der Waals surface area (Å²) in [7, 11) is 0. The standard InChI is InChI=1S/C15H22N4O7/c1-5-6-23-15-12(18-8(2)20)14(25-10(4)22)13(24-9(3)21)11(26-15)7-17-19-16/h5,11-15H,1,6-7H2,2-4H3,(H,18,20)/t11-,12-,13-,14-,15-/m1/s1. The third-order valence-electron chi connectivity index (χ3n) is 3.32. The Morgan fingerprint density at radius 1 is 1.23 bits per heavy atom. The molecule has 0 aromatic heterocycles. The van der Waals surface area contributed by atoms with Crippen molar-refractivity contribution < 1.29 is 33.3 Å². The number of azide groups is 1. The van der Waals surface area contributed by atoms with Crippen molar-refractivity contribution in [3.8, 4) is 0 Å². The Morgan fingerprint density at radius 3 is 2.35 bits per heavy atom. The highest BCUT2D eigenvalue weighted by molar-refractivity contribution is 5.73. The summed E-state index contributed by atoms with van der Waals surface area (Å²) in [5.41, 5.74) is 8.56. The number of nitrogens with zero attached hydrogens (tertiary/aromatic N) is 3. The molecule has 11 heteroatoms. The minimum atomic E-state index is -1.11. The van der Waals surface area contributed by atoms with Gasteiger partial charge in [0.2, 0.25) is 5.91 Å². The molecule has 11 nitrogen and oxygen atoms in total. The quantitative estimate of drug-likeness (QED) is 0.216. The number of hydrogen-bond acceptors (Lipinski definition) is 8. The van der Waals surface area contributed by atoms with Gasteiger partial charge in [0.1, 0.15) is 12.1 Å². The van der Waals surface area contributed by atoms with Crippen molar-refractivity contribution in [3.05, 3.63) is 23.1 Å². The average Bonchev–Trinajstić information content (AvgIpc) is 2.54. The van der Waals surface area contributed by atoms with Crippen molar-refractivity contribution in [2.75, 3.05) is 13.2 Å². The number of rotatable bonds is 8. The molecule has 1 rings (SSSR count). The first-order valence-electron chi connectivity index (χ1n) is 7.80. The van der Waals surface area contributed by atoms with Gasteiger partial charge in [-0.15, -0.1) is 6.58 Å². The summed E-state index contributed by atoms with van der Waals surface area (Å²) < 4.78 is 21.7. The molecule has 1 heterocycles. The van der Waals surface area contributed by atoms with E-state index in [9.17, 15) is 14.4 Å². The lowest BCUT2D eigenvalue weighted by molar-refractivity contribution is -0.266. The maximum Gasteiger partial charge on any atom is 0.303 e. The van der Waals surface area contributed by atoms with E-state index in [0.717, 1.165) is 0 Å². The maximum atomic E-state index is 11.6. The second kappa shape index (κ2) is 10.4. The van der Waals surface area contributed by atoms with Crippen molar-refractivity contribution in [1.82, 2.24) is 5.32 Å². The Bertz CT molecular complexity index is 591. The van der Waals surface area contributed by atoms with Crippen LogP contribution in [0.5, 0.6) is 0 Å². The van der Waals surface area contributed by atoms with E-state index in [0.29, 0.717) is 0 Å². The van der Waals surface area contributed by atoms with Gasteiger partial charge in [0, 0.05) is 25.7 Å². The molecule has 0 aromatic rings. The highest BCUT2D eigenvalue weighted by Crippen LogP contribution is 2.27. The molecule has 0 radical (unpaired) electrons. The summed E-state index contributed by atoms with van der Waals surface area (Å²) in [4.78, 5) is 37.3. The summed E-state index contributed by atoms with van der Waals surface area (Å²) in [6.07, 6.45) is -2.74. The zero-order chi connectivity index (χ0) is 19.7. The van der Waals surface area contributed by atoms with Gasteiger partial charge in [-0.3, -0.25) is 14.4 Å². The van der Waals surface area contributed by atoms with Crippen LogP contribution in [-0.2, 0) is 33.3 Å². The second-order valence-electron chi connectivity index (χ2n) is 5.45. The molecule has 1 aliphatic heterocycles. The van der Waals surface area contributed by atoms with Crippen molar-refractivity contribution >= 4 is 17.8 Å². The van der Waals surface area contributed by atoms with Crippen LogP contribution < -0.4 is 5.32 Å². The van der Waals surface area contributed by atoms with Crippen molar-refractivity contribution in [3.63, 3.8) is 0 Å². The summed E-state index contributed by atoms with van der Waals surface area (Å²) in [5.74, 6) is -1.75. The molecule has 1 N–H and O–H groups in total. The molecule has 0 spiro atoms. The SMILES string of the molecule is C=CCO[C@@H]1O[C@H](CN=[N+]=[N-])[C@@H](OC(C)=O)[C@H](OC(C)=O)[C@H]1NC(C)=O. The van der Waals surface area contributed by atoms with Crippen molar-refractivity contribution in [2.45, 2.75) is 51.4 Å². The van der Waals surface area contributed by atoms with E-state index >= 15 is 0 Å². The summed E-state index contributed by atoms with van der Waals surface area (Å²) >= 11 is 0. The topological polar surface area (TPSA) is 149 Å². The fraction of sp³-hybridized carbons (Fsp3) is 0.667. The van der Waals surface area contributed by atoms with Gasteiger partial charge in [-0.25, -0.2) is 0 Å². The molecule has 1 amide bonds. The number of amides is 1.